The van der Waals surface area contributed by atoms with E-state index in [1.54, 1.807) is 6.07 Å². The second-order valence-electron chi connectivity index (χ2n) is 9.80. The molecule has 1 atom stereocenters. The zero-order valence-electron chi connectivity index (χ0n) is 20.5. The van der Waals surface area contributed by atoms with Crippen molar-refractivity contribution in [2.75, 3.05) is 39.5 Å². The normalized spacial score (nSPS) is 19.6. The molecule has 1 saturated heterocycles. The largest absolute Gasteiger partial charge is 0.492 e. The van der Waals surface area contributed by atoms with Crippen LogP contribution in [-0.4, -0.2) is 44.4 Å². The van der Waals surface area contributed by atoms with E-state index in [1.165, 1.54) is 24.5 Å². The fourth-order valence-corrected chi connectivity index (χ4v) is 5.10. The molecule has 6 heteroatoms. The molecule has 3 aromatic carbocycles. The molecule has 5 nitrogen and oxygen atoms in total. The molecule has 0 amide bonds. The SMILES string of the molecule is Fc1ccc(Oc2ccc(OCCN3CCOCC3)cc2)c2c1C(Oc1ccc(C3CC3)cc1)CC2. The summed E-state index contributed by atoms with van der Waals surface area (Å²) in [4.78, 5) is 2.34. The van der Waals surface area contributed by atoms with Gasteiger partial charge in [0.25, 0.3) is 0 Å². The molecule has 2 aliphatic carbocycles. The Balaban J connectivity index is 1.08. The van der Waals surface area contributed by atoms with Crippen LogP contribution < -0.4 is 14.2 Å². The van der Waals surface area contributed by atoms with Gasteiger partial charge in [-0.25, -0.2) is 4.39 Å². The van der Waals surface area contributed by atoms with E-state index in [0.717, 1.165) is 62.8 Å². The van der Waals surface area contributed by atoms with E-state index in [2.05, 4.69) is 17.0 Å². The van der Waals surface area contributed by atoms with Gasteiger partial charge >= 0.3 is 0 Å². The average molecular weight is 490 g/mol. The number of fused-ring (bicyclic) bond motifs is 1. The molecule has 0 bridgehead atoms. The highest BCUT2D eigenvalue weighted by Crippen LogP contribution is 2.44. The van der Waals surface area contributed by atoms with Crippen LogP contribution in [0.1, 0.15) is 48.0 Å². The molecule has 3 aromatic rings. The highest BCUT2D eigenvalue weighted by molar-refractivity contribution is 5.48. The van der Waals surface area contributed by atoms with Gasteiger partial charge < -0.3 is 18.9 Å². The molecule has 3 aliphatic rings. The molecule has 1 aliphatic heterocycles. The summed E-state index contributed by atoms with van der Waals surface area (Å²) >= 11 is 0. The predicted octanol–water partition coefficient (Wildman–Crippen LogP) is 6.27. The van der Waals surface area contributed by atoms with Crippen LogP contribution in [0, 0.1) is 5.82 Å². The Morgan fingerprint density at radius 1 is 0.833 bits per heavy atom. The zero-order chi connectivity index (χ0) is 24.3. The molecule has 36 heavy (non-hydrogen) atoms. The minimum Gasteiger partial charge on any atom is -0.492 e. The number of nitrogens with zero attached hydrogens (tertiary/aromatic N) is 1. The Labute approximate surface area is 211 Å². The van der Waals surface area contributed by atoms with E-state index in [-0.39, 0.29) is 11.9 Å². The number of halogens is 1. The summed E-state index contributed by atoms with van der Waals surface area (Å²) in [5, 5.41) is 0. The maximum absolute atomic E-state index is 14.9. The molecule has 2 fully saturated rings. The molecule has 0 aromatic heterocycles. The van der Waals surface area contributed by atoms with Crippen LogP contribution in [0.3, 0.4) is 0 Å². The Hall–Kier alpha value is -3.09. The lowest BCUT2D eigenvalue weighted by Gasteiger charge is -2.26. The number of hydrogen-bond acceptors (Lipinski definition) is 5. The van der Waals surface area contributed by atoms with E-state index in [1.807, 2.05) is 36.4 Å². The topological polar surface area (TPSA) is 40.2 Å². The fraction of sp³-hybridized carbons (Fsp3) is 0.400. The van der Waals surface area contributed by atoms with Gasteiger partial charge in [-0.15, -0.1) is 0 Å². The number of rotatable bonds is 9. The van der Waals surface area contributed by atoms with Crippen LogP contribution in [-0.2, 0) is 11.2 Å². The molecule has 0 spiro atoms. The van der Waals surface area contributed by atoms with Crippen molar-refractivity contribution in [3.05, 3.63) is 83.2 Å². The van der Waals surface area contributed by atoms with E-state index in [4.69, 9.17) is 18.9 Å². The Bertz CT molecular complexity index is 1170. The van der Waals surface area contributed by atoms with Crippen LogP contribution in [0.4, 0.5) is 4.39 Å². The number of hydrogen-bond donors (Lipinski definition) is 0. The van der Waals surface area contributed by atoms with Crippen molar-refractivity contribution in [1.29, 1.82) is 0 Å². The minimum atomic E-state index is -0.308. The molecule has 0 N–H and O–H groups in total. The maximum Gasteiger partial charge on any atom is 0.131 e. The van der Waals surface area contributed by atoms with E-state index >= 15 is 0 Å². The van der Waals surface area contributed by atoms with Crippen molar-refractivity contribution in [3.63, 3.8) is 0 Å². The first-order valence-electron chi connectivity index (χ1n) is 13.0. The third-order valence-electron chi connectivity index (χ3n) is 7.28. The summed E-state index contributed by atoms with van der Waals surface area (Å²) in [5.74, 6) is 3.44. The van der Waals surface area contributed by atoms with Crippen molar-refractivity contribution < 1.29 is 23.3 Å². The molecule has 6 rings (SSSR count). The first-order valence-corrected chi connectivity index (χ1v) is 13.0. The van der Waals surface area contributed by atoms with Crippen molar-refractivity contribution in [1.82, 2.24) is 4.90 Å². The summed E-state index contributed by atoms with van der Waals surface area (Å²) in [6.07, 6.45) is 3.68. The van der Waals surface area contributed by atoms with Gasteiger partial charge in [0.1, 0.15) is 41.5 Å². The molecule has 1 unspecified atom stereocenters. The zero-order valence-corrected chi connectivity index (χ0v) is 20.5. The second kappa shape index (κ2) is 10.5. The van der Waals surface area contributed by atoms with Crippen molar-refractivity contribution in [2.24, 2.45) is 0 Å². The molecule has 1 heterocycles. The van der Waals surface area contributed by atoms with Crippen molar-refractivity contribution in [2.45, 2.75) is 37.7 Å². The van der Waals surface area contributed by atoms with Crippen LogP contribution >= 0.6 is 0 Å². The van der Waals surface area contributed by atoms with Gasteiger partial charge in [0.15, 0.2) is 0 Å². The summed E-state index contributed by atoms with van der Waals surface area (Å²) in [7, 11) is 0. The van der Waals surface area contributed by atoms with Crippen molar-refractivity contribution in [3.8, 4) is 23.0 Å². The van der Waals surface area contributed by atoms with Gasteiger partial charge in [-0.1, -0.05) is 12.1 Å². The van der Waals surface area contributed by atoms with Gasteiger partial charge in [0.2, 0.25) is 0 Å². The summed E-state index contributed by atoms with van der Waals surface area (Å²) in [6, 6.07) is 19.1. The van der Waals surface area contributed by atoms with Crippen LogP contribution in [0.15, 0.2) is 60.7 Å². The monoisotopic (exact) mass is 489 g/mol. The van der Waals surface area contributed by atoms with Crippen LogP contribution in [0.25, 0.3) is 0 Å². The fourth-order valence-electron chi connectivity index (χ4n) is 5.10. The predicted molar refractivity (Wildman–Crippen MR) is 136 cm³/mol. The third kappa shape index (κ3) is 5.35. The number of benzene rings is 3. The second-order valence-corrected chi connectivity index (χ2v) is 9.80. The lowest BCUT2D eigenvalue weighted by Crippen LogP contribution is -2.38. The van der Waals surface area contributed by atoms with Gasteiger partial charge in [-0.2, -0.15) is 0 Å². The third-order valence-corrected chi connectivity index (χ3v) is 7.28. The molecular formula is C30H32FNO4. The highest BCUT2D eigenvalue weighted by Gasteiger charge is 2.31. The standard InChI is InChI=1S/C30H32FNO4/c31-27-12-14-28(35-25-9-7-23(8-10-25)34-20-17-32-15-18-33-19-16-32)26-11-13-29(30(26)27)36-24-5-3-22(4-6-24)21-1-2-21/h3-10,12,14,21,29H,1-2,11,13,15-20H2. The first-order chi connectivity index (χ1) is 17.7. The molecule has 0 radical (unpaired) electrons. The van der Waals surface area contributed by atoms with Crippen LogP contribution in [0.2, 0.25) is 0 Å². The lowest BCUT2D eigenvalue weighted by molar-refractivity contribution is 0.0322. The van der Waals surface area contributed by atoms with E-state index < -0.39 is 0 Å². The van der Waals surface area contributed by atoms with Crippen molar-refractivity contribution >= 4 is 0 Å². The minimum absolute atomic E-state index is 0.238. The summed E-state index contributed by atoms with van der Waals surface area (Å²) in [6.45, 7) is 5.01. The molecule has 1 saturated carbocycles. The summed E-state index contributed by atoms with van der Waals surface area (Å²) < 4.78 is 38.6. The van der Waals surface area contributed by atoms with E-state index in [0.29, 0.717) is 29.6 Å². The molecule has 188 valence electrons. The van der Waals surface area contributed by atoms with Crippen LogP contribution in [0.5, 0.6) is 23.0 Å². The number of morpholine rings is 1. The van der Waals surface area contributed by atoms with E-state index in [9.17, 15) is 4.39 Å². The van der Waals surface area contributed by atoms with Gasteiger partial charge in [-0.3, -0.25) is 4.90 Å². The number of ether oxygens (including phenoxy) is 4. The summed E-state index contributed by atoms with van der Waals surface area (Å²) in [5.41, 5.74) is 2.87. The van der Waals surface area contributed by atoms with Gasteiger partial charge in [-0.05, 0) is 85.7 Å². The average Bonchev–Trinajstić information content (AvgIpc) is 3.68. The Kier molecular flexibility index (Phi) is 6.79. The molecular weight excluding hydrogens is 457 g/mol. The Morgan fingerprint density at radius 3 is 2.31 bits per heavy atom. The lowest BCUT2D eigenvalue weighted by atomic mass is 10.1. The Morgan fingerprint density at radius 2 is 1.56 bits per heavy atom. The first kappa shape index (κ1) is 23.3. The van der Waals surface area contributed by atoms with Gasteiger partial charge in [0.05, 0.1) is 13.2 Å². The van der Waals surface area contributed by atoms with Gasteiger partial charge in [0, 0.05) is 30.8 Å². The quantitative estimate of drug-likeness (QED) is 0.354. The highest BCUT2D eigenvalue weighted by atomic mass is 19.1. The smallest absolute Gasteiger partial charge is 0.131 e. The maximum atomic E-state index is 14.9.